The van der Waals surface area contributed by atoms with Gasteiger partial charge in [0.1, 0.15) is 11.3 Å². The summed E-state index contributed by atoms with van der Waals surface area (Å²) >= 11 is 0. The van der Waals surface area contributed by atoms with Crippen LogP contribution in [0.15, 0.2) is 42.6 Å². The molecule has 6 nitrogen and oxygen atoms in total. The molecule has 3 aromatic rings. The summed E-state index contributed by atoms with van der Waals surface area (Å²) in [6, 6.07) is 9.94. The molecule has 0 N–H and O–H groups in total. The van der Waals surface area contributed by atoms with Crippen molar-refractivity contribution in [1.82, 2.24) is 14.5 Å². The normalized spacial score (nSPS) is 10.7. The Kier molecular flexibility index (Phi) is 4.18. The molecule has 7 heteroatoms. The van der Waals surface area contributed by atoms with E-state index in [0.29, 0.717) is 17.7 Å². The molecule has 0 bridgehead atoms. The van der Waals surface area contributed by atoms with E-state index in [0.717, 1.165) is 5.56 Å². The predicted octanol–water partition coefficient (Wildman–Crippen LogP) is 2.17. The summed E-state index contributed by atoms with van der Waals surface area (Å²) in [5.74, 6) is -0.803. The van der Waals surface area contributed by atoms with Crippen molar-refractivity contribution in [2.24, 2.45) is 0 Å². The molecule has 118 valence electrons. The Labute approximate surface area is 131 Å². The van der Waals surface area contributed by atoms with Gasteiger partial charge in [0.2, 0.25) is 0 Å². The van der Waals surface area contributed by atoms with Gasteiger partial charge in [-0.2, -0.15) is 4.98 Å². The van der Waals surface area contributed by atoms with Crippen molar-refractivity contribution in [3.63, 3.8) is 0 Å². The number of ether oxygens (including phenoxy) is 2. The molecule has 2 heterocycles. The van der Waals surface area contributed by atoms with E-state index in [4.69, 9.17) is 4.74 Å². The Bertz CT molecular complexity index is 830. The summed E-state index contributed by atoms with van der Waals surface area (Å²) in [5.41, 5.74) is 2.13. The molecule has 0 saturated carbocycles. The van der Waals surface area contributed by atoms with Crippen LogP contribution >= 0.6 is 0 Å². The van der Waals surface area contributed by atoms with Gasteiger partial charge in [0.25, 0.3) is 6.01 Å². The number of halogens is 1. The standard InChI is InChI=1S/C16H14FN3O3/c1-22-14(21)10-23-16-19-13-3-2-8-18-15(13)20(16)9-11-4-6-12(17)7-5-11/h2-8H,9-10H2,1H3. The smallest absolute Gasteiger partial charge is 0.344 e. The molecule has 0 radical (unpaired) electrons. The topological polar surface area (TPSA) is 66.2 Å². The minimum absolute atomic E-state index is 0.247. The van der Waals surface area contributed by atoms with Gasteiger partial charge < -0.3 is 9.47 Å². The van der Waals surface area contributed by atoms with Crippen molar-refractivity contribution in [2.45, 2.75) is 6.54 Å². The van der Waals surface area contributed by atoms with E-state index in [1.807, 2.05) is 0 Å². The van der Waals surface area contributed by atoms with E-state index in [1.54, 1.807) is 35.0 Å². The van der Waals surface area contributed by atoms with Gasteiger partial charge in [-0.1, -0.05) is 12.1 Å². The molecule has 3 rings (SSSR count). The third-order valence-electron chi connectivity index (χ3n) is 3.27. The number of methoxy groups -OCH3 is 1. The highest BCUT2D eigenvalue weighted by Crippen LogP contribution is 2.21. The molecule has 0 amide bonds. The lowest BCUT2D eigenvalue weighted by atomic mass is 10.2. The molecular weight excluding hydrogens is 301 g/mol. The largest absolute Gasteiger partial charge is 0.466 e. The summed E-state index contributed by atoms with van der Waals surface area (Å²) in [4.78, 5) is 19.9. The van der Waals surface area contributed by atoms with Crippen LogP contribution < -0.4 is 4.74 Å². The van der Waals surface area contributed by atoms with Crippen molar-refractivity contribution in [3.8, 4) is 6.01 Å². The fourth-order valence-electron chi connectivity index (χ4n) is 2.15. The van der Waals surface area contributed by atoms with Crippen LogP contribution in [0.4, 0.5) is 4.39 Å². The number of carbonyl (C=O) groups is 1. The second-order valence-corrected chi connectivity index (χ2v) is 4.82. The Morgan fingerprint density at radius 3 is 2.78 bits per heavy atom. The minimum Gasteiger partial charge on any atom is -0.466 e. The number of hydrogen-bond acceptors (Lipinski definition) is 5. The van der Waals surface area contributed by atoms with Crippen molar-refractivity contribution in [2.75, 3.05) is 13.7 Å². The molecule has 0 unspecified atom stereocenters. The zero-order chi connectivity index (χ0) is 16.2. The fourth-order valence-corrected chi connectivity index (χ4v) is 2.15. The monoisotopic (exact) mass is 315 g/mol. The molecule has 1 aromatic carbocycles. The number of benzene rings is 1. The Morgan fingerprint density at radius 2 is 2.04 bits per heavy atom. The average Bonchev–Trinajstić information content (AvgIpc) is 2.92. The van der Waals surface area contributed by atoms with E-state index in [1.165, 1.54) is 19.2 Å². The molecule has 0 aliphatic rings. The second-order valence-electron chi connectivity index (χ2n) is 4.82. The van der Waals surface area contributed by atoms with Gasteiger partial charge in [-0.15, -0.1) is 0 Å². The number of nitrogens with zero attached hydrogens (tertiary/aromatic N) is 3. The third kappa shape index (κ3) is 3.28. The van der Waals surface area contributed by atoms with E-state index >= 15 is 0 Å². The van der Waals surface area contributed by atoms with Gasteiger partial charge in [0.05, 0.1) is 13.7 Å². The maximum absolute atomic E-state index is 13.0. The summed E-state index contributed by atoms with van der Waals surface area (Å²) in [6.07, 6.45) is 1.65. The van der Waals surface area contributed by atoms with Crippen LogP contribution in [0.25, 0.3) is 11.2 Å². The molecule has 0 spiro atoms. The number of fused-ring (bicyclic) bond motifs is 1. The molecule has 23 heavy (non-hydrogen) atoms. The average molecular weight is 315 g/mol. The van der Waals surface area contributed by atoms with Crippen LogP contribution in [0.1, 0.15) is 5.56 Å². The number of esters is 1. The molecule has 0 fully saturated rings. The maximum atomic E-state index is 13.0. The SMILES string of the molecule is COC(=O)COc1nc2cccnc2n1Cc1ccc(F)cc1. The van der Waals surface area contributed by atoms with Gasteiger partial charge in [0.15, 0.2) is 12.3 Å². The first-order valence-corrected chi connectivity index (χ1v) is 6.92. The zero-order valence-corrected chi connectivity index (χ0v) is 12.4. The second kappa shape index (κ2) is 6.43. The van der Waals surface area contributed by atoms with Crippen LogP contribution in [0.3, 0.4) is 0 Å². The Morgan fingerprint density at radius 1 is 1.26 bits per heavy atom. The number of hydrogen-bond donors (Lipinski definition) is 0. The summed E-state index contributed by atoms with van der Waals surface area (Å²) < 4.78 is 24.8. The fraction of sp³-hybridized carbons (Fsp3) is 0.188. The van der Waals surface area contributed by atoms with Crippen LogP contribution in [0.5, 0.6) is 6.01 Å². The highest BCUT2D eigenvalue weighted by molar-refractivity contribution is 5.73. The molecule has 0 atom stereocenters. The predicted molar refractivity (Wildman–Crippen MR) is 80.5 cm³/mol. The van der Waals surface area contributed by atoms with Crippen molar-refractivity contribution in [1.29, 1.82) is 0 Å². The maximum Gasteiger partial charge on any atom is 0.344 e. The number of carbonyl (C=O) groups excluding carboxylic acids is 1. The van der Waals surface area contributed by atoms with Gasteiger partial charge in [-0.05, 0) is 29.8 Å². The number of aromatic nitrogens is 3. The lowest BCUT2D eigenvalue weighted by Gasteiger charge is -2.09. The van der Waals surface area contributed by atoms with Crippen molar-refractivity contribution >= 4 is 17.1 Å². The minimum atomic E-state index is -0.502. The van der Waals surface area contributed by atoms with Gasteiger partial charge in [-0.25, -0.2) is 14.2 Å². The summed E-state index contributed by atoms with van der Waals surface area (Å²) in [6.45, 7) is 0.146. The van der Waals surface area contributed by atoms with E-state index in [-0.39, 0.29) is 18.4 Å². The lowest BCUT2D eigenvalue weighted by molar-refractivity contribution is -0.143. The number of pyridine rings is 1. The summed E-state index contributed by atoms with van der Waals surface area (Å²) in [5, 5.41) is 0. The van der Waals surface area contributed by atoms with E-state index < -0.39 is 5.97 Å². The zero-order valence-electron chi connectivity index (χ0n) is 12.4. The van der Waals surface area contributed by atoms with Crippen LogP contribution in [-0.4, -0.2) is 34.2 Å². The van der Waals surface area contributed by atoms with Crippen molar-refractivity contribution in [3.05, 3.63) is 54.0 Å². The molecule has 0 aliphatic carbocycles. The Balaban J connectivity index is 1.95. The molecular formula is C16H14FN3O3. The Hall–Kier alpha value is -2.96. The summed E-state index contributed by atoms with van der Waals surface area (Å²) in [7, 11) is 1.29. The highest BCUT2D eigenvalue weighted by atomic mass is 19.1. The van der Waals surface area contributed by atoms with Crippen LogP contribution in [0, 0.1) is 5.82 Å². The number of imidazole rings is 1. The van der Waals surface area contributed by atoms with E-state index in [2.05, 4.69) is 14.7 Å². The molecule has 0 aliphatic heterocycles. The molecule has 2 aromatic heterocycles. The van der Waals surface area contributed by atoms with Crippen LogP contribution in [-0.2, 0) is 16.1 Å². The third-order valence-corrected chi connectivity index (χ3v) is 3.27. The molecule has 0 saturated heterocycles. The first-order chi connectivity index (χ1) is 11.2. The number of rotatable bonds is 5. The quantitative estimate of drug-likeness (QED) is 0.675. The first kappa shape index (κ1) is 15.0. The van der Waals surface area contributed by atoms with Gasteiger partial charge in [0, 0.05) is 6.20 Å². The highest BCUT2D eigenvalue weighted by Gasteiger charge is 2.15. The van der Waals surface area contributed by atoms with Gasteiger partial charge in [-0.3, -0.25) is 4.57 Å². The first-order valence-electron chi connectivity index (χ1n) is 6.92. The van der Waals surface area contributed by atoms with E-state index in [9.17, 15) is 9.18 Å². The van der Waals surface area contributed by atoms with Gasteiger partial charge >= 0.3 is 5.97 Å². The lowest BCUT2D eigenvalue weighted by Crippen LogP contribution is -2.15. The van der Waals surface area contributed by atoms with Crippen LogP contribution in [0.2, 0.25) is 0 Å². The van der Waals surface area contributed by atoms with Crippen molar-refractivity contribution < 1.29 is 18.7 Å².